The zero-order valence-corrected chi connectivity index (χ0v) is 9.38. The summed E-state index contributed by atoms with van der Waals surface area (Å²) < 4.78 is 0.893. The third-order valence-electron chi connectivity index (χ3n) is 2.53. The van der Waals surface area contributed by atoms with E-state index in [1.807, 2.05) is 24.3 Å². The van der Waals surface area contributed by atoms with E-state index in [2.05, 4.69) is 21.2 Å². The summed E-state index contributed by atoms with van der Waals surface area (Å²) in [7, 11) is 0. The molecule has 0 spiro atoms. The molecule has 0 bridgehead atoms. The van der Waals surface area contributed by atoms with Gasteiger partial charge in [0.05, 0.1) is 0 Å². The van der Waals surface area contributed by atoms with E-state index >= 15 is 0 Å². The van der Waals surface area contributed by atoms with Crippen molar-refractivity contribution in [2.24, 2.45) is 0 Å². The molecule has 1 unspecified atom stereocenters. The molecule has 2 nitrogen and oxygen atoms in total. The number of hydrogen-bond acceptors (Lipinski definition) is 2. The van der Waals surface area contributed by atoms with Gasteiger partial charge in [0.15, 0.2) is 5.78 Å². The van der Waals surface area contributed by atoms with E-state index in [1.54, 1.807) is 0 Å². The second-order valence-electron chi connectivity index (χ2n) is 3.55. The summed E-state index contributed by atoms with van der Waals surface area (Å²) in [4.78, 5) is 11.8. The third kappa shape index (κ3) is 2.04. The molecular weight excluding hydrogens is 242 g/mol. The van der Waals surface area contributed by atoms with Crippen LogP contribution in [0.2, 0.25) is 0 Å². The number of Topliss-reactive ketones (excluding diaryl/α,β-unsaturated/α-hetero) is 1. The molecule has 1 aromatic carbocycles. The molecular formula is C11H12BrNO. The fourth-order valence-electron chi connectivity index (χ4n) is 1.54. The van der Waals surface area contributed by atoms with Gasteiger partial charge in [-0.3, -0.25) is 4.79 Å². The Morgan fingerprint density at radius 1 is 1.50 bits per heavy atom. The summed E-state index contributed by atoms with van der Waals surface area (Å²) in [6, 6.07) is 7.98. The standard InChI is InChI=1S/C11H12BrNO/c12-10-4-2-1-3-9(10)11(14)7-8-5-6-13-8/h1-4,8,13H,5-7H2. The number of nitrogens with one attached hydrogen (secondary N) is 1. The minimum absolute atomic E-state index is 0.217. The van der Waals surface area contributed by atoms with Crippen molar-refractivity contribution in [1.29, 1.82) is 0 Å². The number of carbonyl (C=O) groups is 1. The molecule has 14 heavy (non-hydrogen) atoms. The predicted molar refractivity (Wildman–Crippen MR) is 59.5 cm³/mol. The maximum Gasteiger partial charge on any atom is 0.165 e. The van der Waals surface area contributed by atoms with Gasteiger partial charge in [-0.2, -0.15) is 0 Å². The summed E-state index contributed by atoms with van der Waals surface area (Å²) in [6.07, 6.45) is 1.73. The molecule has 3 heteroatoms. The van der Waals surface area contributed by atoms with Crippen LogP contribution in [-0.4, -0.2) is 18.4 Å². The Morgan fingerprint density at radius 2 is 2.21 bits per heavy atom. The minimum Gasteiger partial charge on any atom is -0.313 e. The number of carbonyl (C=O) groups excluding carboxylic acids is 1. The van der Waals surface area contributed by atoms with Crippen molar-refractivity contribution >= 4 is 21.7 Å². The lowest BCUT2D eigenvalue weighted by Crippen LogP contribution is -2.44. The molecule has 0 saturated carbocycles. The highest BCUT2D eigenvalue weighted by Gasteiger charge is 2.21. The molecule has 74 valence electrons. The van der Waals surface area contributed by atoms with Crippen molar-refractivity contribution in [3.8, 4) is 0 Å². The molecule has 0 aliphatic carbocycles. The molecule has 0 aromatic heterocycles. The zero-order valence-electron chi connectivity index (χ0n) is 7.79. The number of rotatable bonds is 3. The number of hydrogen-bond donors (Lipinski definition) is 1. The number of benzene rings is 1. The second kappa shape index (κ2) is 4.24. The van der Waals surface area contributed by atoms with Crippen LogP contribution < -0.4 is 5.32 Å². The molecule has 1 N–H and O–H groups in total. The summed E-state index contributed by atoms with van der Waals surface area (Å²) in [5, 5.41) is 3.23. The Bertz CT molecular complexity index is 347. The molecule has 2 rings (SSSR count). The molecule has 1 heterocycles. The third-order valence-corrected chi connectivity index (χ3v) is 3.22. The fourth-order valence-corrected chi connectivity index (χ4v) is 2.05. The van der Waals surface area contributed by atoms with Crippen molar-refractivity contribution in [3.63, 3.8) is 0 Å². The Labute approximate surface area is 91.8 Å². The van der Waals surface area contributed by atoms with Gasteiger partial charge >= 0.3 is 0 Å². The molecule has 1 aromatic rings. The monoisotopic (exact) mass is 253 g/mol. The Hall–Kier alpha value is -0.670. The van der Waals surface area contributed by atoms with Crippen LogP contribution in [0, 0.1) is 0 Å². The van der Waals surface area contributed by atoms with Crippen LogP contribution in [0.5, 0.6) is 0 Å². The van der Waals surface area contributed by atoms with Crippen LogP contribution in [-0.2, 0) is 0 Å². The summed E-state index contributed by atoms with van der Waals surface area (Å²) in [6.45, 7) is 1.05. The van der Waals surface area contributed by atoms with Crippen LogP contribution in [0.4, 0.5) is 0 Å². The average Bonchev–Trinajstić information content (AvgIpc) is 2.12. The Morgan fingerprint density at radius 3 is 2.79 bits per heavy atom. The van der Waals surface area contributed by atoms with E-state index in [0.29, 0.717) is 12.5 Å². The highest BCUT2D eigenvalue weighted by Crippen LogP contribution is 2.19. The van der Waals surface area contributed by atoms with Gasteiger partial charge in [-0.15, -0.1) is 0 Å². The van der Waals surface area contributed by atoms with Crippen LogP contribution >= 0.6 is 15.9 Å². The summed E-state index contributed by atoms with van der Waals surface area (Å²) in [5.74, 6) is 0.217. The number of ketones is 1. The Balaban J connectivity index is 2.06. The van der Waals surface area contributed by atoms with Crippen LogP contribution in [0.25, 0.3) is 0 Å². The van der Waals surface area contributed by atoms with Crippen molar-refractivity contribution in [1.82, 2.24) is 5.32 Å². The smallest absolute Gasteiger partial charge is 0.165 e. The van der Waals surface area contributed by atoms with E-state index in [-0.39, 0.29) is 5.78 Å². The molecule has 0 radical (unpaired) electrons. The first-order valence-electron chi connectivity index (χ1n) is 4.78. The maximum atomic E-state index is 11.8. The van der Waals surface area contributed by atoms with Crippen molar-refractivity contribution in [3.05, 3.63) is 34.3 Å². The van der Waals surface area contributed by atoms with Crippen LogP contribution in [0.15, 0.2) is 28.7 Å². The topological polar surface area (TPSA) is 29.1 Å². The highest BCUT2D eigenvalue weighted by molar-refractivity contribution is 9.10. The first-order chi connectivity index (χ1) is 6.77. The van der Waals surface area contributed by atoms with Crippen molar-refractivity contribution in [2.75, 3.05) is 6.54 Å². The van der Waals surface area contributed by atoms with Gasteiger partial charge in [0.2, 0.25) is 0 Å². The molecule has 1 fully saturated rings. The van der Waals surface area contributed by atoms with E-state index < -0.39 is 0 Å². The van der Waals surface area contributed by atoms with Crippen LogP contribution in [0.3, 0.4) is 0 Å². The molecule has 0 amide bonds. The largest absolute Gasteiger partial charge is 0.313 e. The average molecular weight is 254 g/mol. The van der Waals surface area contributed by atoms with E-state index in [0.717, 1.165) is 23.0 Å². The van der Waals surface area contributed by atoms with Gasteiger partial charge in [-0.25, -0.2) is 0 Å². The van der Waals surface area contributed by atoms with Gasteiger partial charge in [0.1, 0.15) is 0 Å². The maximum absolute atomic E-state index is 11.8. The lowest BCUT2D eigenvalue weighted by atomic mass is 9.97. The first-order valence-corrected chi connectivity index (χ1v) is 5.58. The SMILES string of the molecule is O=C(CC1CCN1)c1ccccc1Br. The minimum atomic E-state index is 0.217. The van der Waals surface area contributed by atoms with E-state index in [4.69, 9.17) is 0 Å². The quantitative estimate of drug-likeness (QED) is 0.839. The zero-order chi connectivity index (χ0) is 9.97. The molecule has 1 saturated heterocycles. The van der Waals surface area contributed by atoms with Crippen molar-refractivity contribution in [2.45, 2.75) is 18.9 Å². The summed E-state index contributed by atoms with van der Waals surface area (Å²) >= 11 is 3.39. The molecule has 1 atom stereocenters. The number of halogens is 1. The molecule has 1 aliphatic heterocycles. The van der Waals surface area contributed by atoms with Gasteiger partial charge in [-0.05, 0) is 19.0 Å². The Kier molecular flexibility index (Phi) is 2.99. The second-order valence-corrected chi connectivity index (χ2v) is 4.40. The first kappa shape index (κ1) is 9.87. The van der Waals surface area contributed by atoms with Gasteiger partial charge < -0.3 is 5.32 Å². The van der Waals surface area contributed by atoms with E-state index in [9.17, 15) is 4.79 Å². The van der Waals surface area contributed by atoms with Gasteiger partial charge in [0.25, 0.3) is 0 Å². The van der Waals surface area contributed by atoms with Gasteiger partial charge in [0, 0.05) is 22.5 Å². The lowest BCUT2D eigenvalue weighted by Gasteiger charge is -2.26. The van der Waals surface area contributed by atoms with Crippen LogP contribution in [0.1, 0.15) is 23.2 Å². The lowest BCUT2D eigenvalue weighted by molar-refractivity contribution is 0.0955. The van der Waals surface area contributed by atoms with Crippen molar-refractivity contribution < 1.29 is 4.79 Å². The highest BCUT2D eigenvalue weighted by atomic mass is 79.9. The van der Waals surface area contributed by atoms with Gasteiger partial charge in [-0.1, -0.05) is 34.1 Å². The van der Waals surface area contributed by atoms with E-state index in [1.165, 1.54) is 0 Å². The predicted octanol–water partition coefficient (Wildman–Crippen LogP) is 2.38. The fraction of sp³-hybridized carbons (Fsp3) is 0.364. The molecule has 1 aliphatic rings. The summed E-state index contributed by atoms with van der Waals surface area (Å²) in [5.41, 5.74) is 0.793. The normalized spacial score (nSPS) is 20.2.